The van der Waals surface area contributed by atoms with Crippen molar-refractivity contribution >= 4 is 16.9 Å². The van der Waals surface area contributed by atoms with Gasteiger partial charge in [0.2, 0.25) is 5.91 Å². The normalized spacial score (nSPS) is 11.9. The average Bonchev–Trinajstić information content (AvgIpc) is 3.21. The molecule has 0 unspecified atom stereocenters. The highest BCUT2D eigenvalue weighted by atomic mass is 19.1. The number of amides is 1. The summed E-state index contributed by atoms with van der Waals surface area (Å²) in [6.45, 7) is 6.48. The molecule has 0 aliphatic heterocycles. The fraction of sp³-hybridized carbons (Fsp3) is 0.310. The lowest BCUT2D eigenvalue weighted by molar-refractivity contribution is -0.123. The van der Waals surface area contributed by atoms with Gasteiger partial charge in [0.25, 0.3) is 0 Å². The maximum Gasteiger partial charge on any atom is 0.242 e. The Morgan fingerprint density at radius 3 is 2.33 bits per heavy atom. The van der Waals surface area contributed by atoms with Gasteiger partial charge in [0.1, 0.15) is 17.7 Å². The number of ether oxygens (including phenoxy) is 2. The average molecular weight is 490 g/mol. The number of carbonyl (C=O) groups is 1. The molecule has 1 amide bonds. The van der Waals surface area contributed by atoms with E-state index in [9.17, 15) is 9.18 Å². The minimum Gasteiger partial charge on any atom is -0.493 e. The maximum atomic E-state index is 13.4. The van der Waals surface area contributed by atoms with Crippen molar-refractivity contribution in [2.45, 2.75) is 39.7 Å². The van der Waals surface area contributed by atoms with Crippen LogP contribution in [0, 0.1) is 19.7 Å². The van der Waals surface area contributed by atoms with E-state index in [0.29, 0.717) is 30.9 Å². The molecule has 0 aliphatic carbocycles. The van der Waals surface area contributed by atoms with Gasteiger partial charge in [-0.1, -0.05) is 18.2 Å². The second-order valence-corrected chi connectivity index (χ2v) is 9.03. The molecule has 6 nitrogen and oxygen atoms in total. The molecule has 1 N–H and O–H groups in total. The Kier molecular flexibility index (Phi) is 7.58. The molecule has 3 aromatic carbocycles. The molecule has 36 heavy (non-hydrogen) atoms. The molecule has 0 saturated heterocycles. The Labute approximate surface area is 211 Å². The van der Waals surface area contributed by atoms with Crippen LogP contribution >= 0.6 is 0 Å². The summed E-state index contributed by atoms with van der Waals surface area (Å²) in [5.74, 6) is 1.74. The van der Waals surface area contributed by atoms with Crippen LogP contribution in [0.2, 0.25) is 0 Å². The van der Waals surface area contributed by atoms with Crippen LogP contribution in [-0.2, 0) is 17.6 Å². The van der Waals surface area contributed by atoms with Gasteiger partial charge in [-0.2, -0.15) is 0 Å². The van der Waals surface area contributed by atoms with Crippen LogP contribution < -0.4 is 14.8 Å². The van der Waals surface area contributed by atoms with Gasteiger partial charge in [-0.05, 0) is 85.8 Å². The molecule has 188 valence electrons. The Morgan fingerprint density at radius 1 is 0.972 bits per heavy atom. The Balaban J connectivity index is 1.55. The number of benzene rings is 3. The van der Waals surface area contributed by atoms with Crippen LogP contribution in [0.25, 0.3) is 11.0 Å². The molecule has 1 aromatic heterocycles. The number of halogens is 1. The first-order valence-electron chi connectivity index (χ1n) is 12.0. The summed E-state index contributed by atoms with van der Waals surface area (Å²) in [6, 6.07) is 15.8. The number of fused-ring (bicyclic) bond motifs is 1. The number of nitrogens with zero attached hydrogens (tertiary/aromatic N) is 2. The number of methoxy groups -OCH3 is 2. The van der Waals surface area contributed by atoms with Crippen molar-refractivity contribution in [1.82, 2.24) is 14.9 Å². The molecule has 1 heterocycles. The molecule has 0 saturated carbocycles. The monoisotopic (exact) mass is 489 g/mol. The first-order valence-corrected chi connectivity index (χ1v) is 12.0. The number of rotatable bonds is 9. The molecule has 4 rings (SSSR count). The number of hydrogen-bond acceptors (Lipinski definition) is 4. The van der Waals surface area contributed by atoms with Crippen LogP contribution in [0.1, 0.15) is 41.0 Å². The van der Waals surface area contributed by atoms with Crippen molar-refractivity contribution in [3.05, 3.63) is 88.5 Å². The fourth-order valence-electron chi connectivity index (χ4n) is 4.37. The van der Waals surface area contributed by atoms with Gasteiger partial charge in [-0.15, -0.1) is 0 Å². The first-order chi connectivity index (χ1) is 17.3. The van der Waals surface area contributed by atoms with E-state index in [2.05, 4.69) is 31.3 Å². The van der Waals surface area contributed by atoms with Gasteiger partial charge >= 0.3 is 0 Å². The number of imidazole rings is 1. The molecule has 0 fully saturated rings. The first kappa shape index (κ1) is 25.2. The van der Waals surface area contributed by atoms with Crippen LogP contribution in [0.5, 0.6) is 11.5 Å². The zero-order valence-electron chi connectivity index (χ0n) is 21.4. The van der Waals surface area contributed by atoms with Gasteiger partial charge < -0.3 is 19.4 Å². The maximum absolute atomic E-state index is 13.4. The van der Waals surface area contributed by atoms with Crippen molar-refractivity contribution < 1.29 is 18.7 Å². The predicted molar refractivity (Wildman–Crippen MR) is 139 cm³/mol. The van der Waals surface area contributed by atoms with E-state index < -0.39 is 6.04 Å². The molecule has 7 heteroatoms. The van der Waals surface area contributed by atoms with Gasteiger partial charge in [0, 0.05) is 13.0 Å². The Hall–Kier alpha value is -3.87. The van der Waals surface area contributed by atoms with Crippen LogP contribution in [0.15, 0.2) is 54.6 Å². The molecular formula is C29H32FN3O3. The van der Waals surface area contributed by atoms with E-state index in [4.69, 9.17) is 14.5 Å². The lowest BCUT2D eigenvalue weighted by Crippen LogP contribution is -2.33. The van der Waals surface area contributed by atoms with Crippen molar-refractivity contribution in [3.63, 3.8) is 0 Å². The van der Waals surface area contributed by atoms with Crippen molar-refractivity contribution in [3.8, 4) is 11.5 Å². The zero-order chi connectivity index (χ0) is 25.8. The van der Waals surface area contributed by atoms with E-state index in [0.717, 1.165) is 39.1 Å². The molecule has 4 aromatic rings. The molecule has 0 bridgehead atoms. The van der Waals surface area contributed by atoms with Gasteiger partial charge in [0.15, 0.2) is 11.5 Å². The molecule has 0 aliphatic rings. The summed E-state index contributed by atoms with van der Waals surface area (Å²) < 4.78 is 26.1. The quantitative estimate of drug-likeness (QED) is 0.346. The number of nitrogens with one attached hydrogen (secondary N) is 1. The molecule has 0 radical (unpaired) electrons. The lowest BCUT2D eigenvalue weighted by Gasteiger charge is -2.18. The standard InChI is InChI=1S/C29H32FN3O3/c1-18-14-24-25(15-19(18)2)33(28(32-24)17-21-6-9-23(30)10-7-21)20(3)29(34)31-13-12-22-8-11-26(35-4)27(16-22)36-5/h6-11,14-16,20H,12-13,17H2,1-5H3,(H,31,34)/t20-/m0/s1. The number of hydrogen-bond donors (Lipinski definition) is 1. The summed E-state index contributed by atoms with van der Waals surface area (Å²) in [5.41, 5.74) is 6.02. The van der Waals surface area contributed by atoms with Gasteiger partial charge in [-0.3, -0.25) is 4.79 Å². The van der Waals surface area contributed by atoms with Crippen LogP contribution in [0.3, 0.4) is 0 Å². The Morgan fingerprint density at radius 2 is 1.64 bits per heavy atom. The third-order valence-electron chi connectivity index (χ3n) is 6.58. The lowest BCUT2D eigenvalue weighted by atomic mass is 10.1. The van der Waals surface area contributed by atoms with Gasteiger partial charge in [0.05, 0.1) is 25.3 Å². The van der Waals surface area contributed by atoms with Gasteiger partial charge in [-0.25, -0.2) is 9.37 Å². The molecule has 0 spiro atoms. The minimum absolute atomic E-state index is 0.0895. The number of aryl methyl sites for hydroxylation is 2. The predicted octanol–water partition coefficient (Wildman–Crippen LogP) is 5.32. The molecular weight excluding hydrogens is 457 g/mol. The third kappa shape index (κ3) is 5.35. The number of carbonyl (C=O) groups excluding carboxylic acids is 1. The highest BCUT2D eigenvalue weighted by Crippen LogP contribution is 2.28. The van der Waals surface area contributed by atoms with E-state index in [1.165, 1.54) is 12.1 Å². The number of aromatic nitrogens is 2. The second-order valence-electron chi connectivity index (χ2n) is 9.03. The SMILES string of the molecule is COc1ccc(CCNC(=O)[C@H](C)n2c(Cc3ccc(F)cc3)nc3cc(C)c(C)cc32)cc1OC. The highest BCUT2D eigenvalue weighted by molar-refractivity contribution is 5.85. The van der Waals surface area contributed by atoms with E-state index >= 15 is 0 Å². The third-order valence-corrected chi connectivity index (χ3v) is 6.58. The highest BCUT2D eigenvalue weighted by Gasteiger charge is 2.22. The van der Waals surface area contributed by atoms with E-state index in [-0.39, 0.29) is 11.7 Å². The smallest absolute Gasteiger partial charge is 0.242 e. The largest absolute Gasteiger partial charge is 0.493 e. The summed E-state index contributed by atoms with van der Waals surface area (Å²) >= 11 is 0. The molecule has 1 atom stereocenters. The Bertz CT molecular complexity index is 1380. The second kappa shape index (κ2) is 10.8. The summed E-state index contributed by atoms with van der Waals surface area (Å²) in [4.78, 5) is 18.1. The minimum atomic E-state index is -0.474. The van der Waals surface area contributed by atoms with E-state index in [1.54, 1.807) is 26.4 Å². The van der Waals surface area contributed by atoms with Crippen molar-refractivity contribution in [1.29, 1.82) is 0 Å². The zero-order valence-corrected chi connectivity index (χ0v) is 21.4. The topological polar surface area (TPSA) is 65.4 Å². The van der Waals surface area contributed by atoms with Crippen molar-refractivity contribution in [2.75, 3.05) is 20.8 Å². The summed E-state index contributed by atoms with van der Waals surface area (Å²) in [6.07, 6.45) is 1.15. The van der Waals surface area contributed by atoms with E-state index in [1.807, 2.05) is 29.7 Å². The van der Waals surface area contributed by atoms with Crippen LogP contribution in [0.4, 0.5) is 4.39 Å². The van der Waals surface area contributed by atoms with Crippen molar-refractivity contribution in [2.24, 2.45) is 0 Å². The summed E-state index contributed by atoms with van der Waals surface area (Å²) in [7, 11) is 3.21. The van der Waals surface area contributed by atoms with Crippen LogP contribution in [-0.4, -0.2) is 36.2 Å². The summed E-state index contributed by atoms with van der Waals surface area (Å²) in [5, 5.41) is 3.07. The fourth-order valence-corrected chi connectivity index (χ4v) is 4.37.